The van der Waals surface area contributed by atoms with E-state index in [4.69, 9.17) is 0 Å². The van der Waals surface area contributed by atoms with Crippen LogP contribution in [0.3, 0.4) is 0 Å². The molecule has 0 amide bonds. The highest BCUT2D eigenvalue weighted by Gasteiger charge is 2.32. The maximum absolute atomic E-state index is 12.4. The average Bonchev–Trinajstić information content (AvgIpc) is 3.02. The van der Waals surface area contributed by atoms with Crippen molar-refractivity contribution in [2.24, 2.45) is 0 Å². The summed E-state index contributed by atoms with van der Waals surface area (Å²) in [6, 6.07) is 9.62. The maximum Gasteiger partial charge on any atom is 0.435 e. The van der Waals surface area contributed by atoms with Crippen LogP contribution >= 0.6 is 0 Å². The summed E-state index contributed by atoms with van der Waals surface area (Å²) in [5, 5.41) is 9.60. The van der Waals surface area contributed by atoms with Crippen LogP contribution in [0.4, 0.5) is 24.7 Å². The molecule has 1 N–H and O–H groups in total. The number of alkyl halides is 3. The first-order chi connectivity index (χ1) is 11.0. The van der Waals surface area contributed by atoms with E-state index in [0.717, 1.165) is 11.6 Å². The molecule has 2 heterocycles. The Morgan fingerprint density at radius 3 is 2.35 bits per heavy atom. The fraction of sp³-hybridized carbons (Fsp3) is 0.133. The quantitative estimate of drug-likeness (QED) is 0.800. The van der Waals surface area contributed by atoms with Crippen molar-refractivity contribution in [1.82, 2.24) is 19.7 Å². The lowest BCUT2D eigenvalue weighted by molar-refractivity contribution is -0.141. The summed E-state index contributed by atoms with van der Waals surface area (Å²) in [4.78, 5) is 3.97. The minimum absolute atomic E-state index is 0.250. The Labute approximate surface area is 129 Å². The summed E-state index contributed by atoms with van der Waals surface area (Å²) in [7, 11) is 0. The van der Waals surface area contributed by atoms with Crippen LogP contribution < -0.4 is 5.32 Å². The second-order valence-electron chi connectivity index (χ2n) is 4.86. The fourth-order valence-corrected chi connectivity index (χ4v) is 1.98. The Bertz CT molecular complexity index is 749. The van der Waals surface area contributed by atoms with Gasteiger partial charge in [-0.3, -0.25) is 0 Å². The van der Waals surface area contributed by atoms with Gasteiger partial charge in [-0.15, -0.1) is 10.2 Å². The highest BCUT2D eigenvalue weighted by atomic mass is 19.4. The zero-order valence-corrected chi connectivity index (χ0v) is 11.8. The van der Waals surface area contributed by atoms with Gasteiger partial charge in [0.05, 0.1) is 6.33 Å². The van der Waals surface area contributed by atoms with E-state index in [1.807, 2.05) is 35.0 Å². The van der Waals surface area contributed by atoms with Crippen molar-refractivity contribution in [1.29, 1.82) is 0 Å². The number of aromatic nitrogens is 4. The van der Waals surface area contributed by atoms with Crippen LogP contribution in [-0.4, -0.2) is 19.7 Å². The Morgan fingerprint density at radius 1 is 1.00 bits per heavy atom. The molecule has 0 bridgehead atoms. The number of benzene rings is 1. The summed E-state index contributed by atoms with van der Waals surface area (Å²) < 4.78 is 39.2. The van der Waals surface area contributed by atoms with Crippen LogP contribution in [-0.2, 0) is 12.7 Å². The largest absolute Gasteiger partial charge is 0.435 e. The molecular formula is C15H12F3N5. The summed E-state index contributed by atoms with van der Waals surface area (Å²) >= 11 is 0. The first-order valence-electron chi connectivity index (χ1n) is 6.73. The summed E-state index contributed by atoms with van der Waals surface area (Å²) in [6.45, 7) is 0.695. The summed E-state index contributed by atoms with van der Waals surface area (Å²) in [5.74, 6) is 0.250. The Kier molecular flexibility index (Phi) is 3.96. The molecule has 3 rings (SSSR count). The molecule has 0 saturated heterocycles. The SMILES string of the molecule is FC(F)(F)c1ccc(Nc2ccc(Cn3ccnc3)cc2)nn1. The fourth-order valence-electron chi connectivity index (χ4n) is 1.98. The number of hydrogen-bond donors (Lipinski definition) is 1. The van der Waals surface area contributed by atoms with Gasteiger partial charge in [0.15, 0.2) is 11.5 Å². The monoisotopic (exact) mass is 319 g/mol. The molecular weight excluding hydrogens is 307 g/mol. The molecule has 2 aromatic heterocycles. The Morgan fingerprint density at radius 2 is 1.78 bits per heavy atom. The van der Waals surface area contributed by atoms with Crippen molar-refractivity contribution < 1.29 is 13.2 Å². The second-order valence-corrected chi connectivity index (χ2v) is 4.86. The van der Waals surface area contributed by atoms with E-state index >= 15 is 0 Å². The van der Waals surface area contributed by atoms with Crippen molar-refractivity contribution in [3.8, 4) is 0 Å². The third kappa shape index (κ3) is 3.85. The third-order valence-electron chi connectivity index (χ3n) is 3.11. The maximum atomic E-state index is 12.4. The van der Waals surface area contributed by atoms with E-state index in [2.05, 4.69) is 20.5 Å². The molecule has 0 aliphatic rings. The zero-order valence-electron chi connectivity index (χ0n) is 11.8. The van der Waals surface area contributed by atoms with Crippen LogP contribution in [0.15, 0.2) is 55.1 Å². The van der Waals surface area contributed by atoms with Crippen LogP contribution in [0.25, 0.3) is 0 Å². The molecule has 0 saturated carbocycles. The van der Waals surface area contributed by atoms with Crippen molar-refractivity contribution in [3.05, 3.63) is 66.4 Å². The number of hydrogen-bond acceptors (Lipinski definition) is 4. The lowest BCUT2D eigenvalue weighted by atomic mass is 10.2. The molecule has 5 nitrogen and oxygen atoms in total. The molecule has 3 aromatic rings. The number of halogens is 3. The number of anilines is 2. The molecule has 118 valence electrons. The molecule has 23 heavy (non-hydrogen) atoms. The molecule has 0 atom stereocenters. The summed E-state index contributed by atoms with van der Waals surface area (Å²) in [5.41, 5.74) is 0.777. The molecule has 1 aromatic carbocycles. The molecule has 0 aliphatic carbocycles. The van der Waals surface area contributed by atoms with Gasteiger partial charge < -0.3 is 9.88 Å². The highest BCUT2D eigenvalue weighted by molar-refractivity contribution is 5.55. The van der Waals surface area contributed by atoms with Gasteiger partial charge in [0, 0.05) is 24.6 Å². The van der Waals surface area contributed by atoms with Crippen LogP contribution in [0.5, 0.6) is 0 Å². The Balaban J connectivity index is 1.66. The minimum atomic E-state index is -4.49. The van der Waals surface area contributed by atoms with Crippen LogP contribution in [0, 0.1) is 0 Å². The minimum Gasteiger partial charge on any atom is -0.339 e. The molecule has 0 aliphatic heterocycles. The highest BCUT2D eigenvalue weighted by Crippen LogP contribution is 2.27. The van der Waals surface area contributed by atoms with E-state index in [1.165, 1.54) is 6.07 Å². The van der Waals surface area contributed by atoms with Gasteiger partial charge in [-0.05, 0) is 29.8 Å². The summed E-state index contributed by atoms with van der Waals surface area (Å²) in [6.07, 6.45) is 0.813. The van der Waals surface area contributed by atoms with Crippen LogP contribution in [0.1, 0.15) is 11.3 Å². The van der Waals surface area contributed by atoms with Crippen LogP contribution in [0.2, 0.25) is 0 Å². The topological polar surface area (TPSA) is 55.6 Å². The predicted octanol–water partition coefficient (Wildman–Crippen LogP) is 3.48. The molecule has 0 fully saturated rings. The van der Waals surface area contributed by atoms with Crippen molar-refractivity contribution in [2.45, 2.75) is 12.7 Å². The van der Waals surface area contributed by atoms with E-state index < -0.39 is 11.9 Å². The number of nitrogens with zero attached hydrogens (tertiary/aromatic N) is 4. The first kappa shape index (κ1) is 15.0. The molecule has 8 heteroatoms. The van der Waals surface area contributed by atoms with Gasteiger partial charge in [-0.2, -0.15) is 13.2 Å². The van der Waals surface area contributed by atoms with E-state index in [0.29, 0.717) is 12.2 Å². The van der Waals surface area contributed by atoms with Crippen molar-refractivity contribution in [3.63, 3.8) is 0 Å². The first-order valence-corrected chi connectivity index (χ1v) is 6.73. The van der Waals surface area contributed by atoms with E-state index in [9.17, 15) is 13.2 Å². The Hall–Kier alpha value is -2.90. The van der Waals surface area contributed by atoms with Gasteiger partial charge in [-0.25, -0.2) is 4.98 Å². The lowest BCUT2D eigenvalue weighted by Crippen LogP contribution is -2.09. The average molecular weight is 319 g/mol. The van der Waals surface area contributed by atoms with Gasteiger partial charge in [-0.1, -0.05) is 12.1 Å². The molecule has 0 unspecified atom stereocenters. The smallest absolute Gasteiger partial charge is 0.339 e. The van der Waals surface area contributed by atoms with Gasteiger partial charge in [0.25, 0.3) is 0 Å². The van der Waals surface area contributed by atoms with Gasteiger partial charge >= 0.3 is 6.18 Å². The lowest BCUT2D eigenvalue weighted by Gasteiger charge is -2.08. The normalized spacial score (nSPS) is 11.4. The predicted molar refractivity (Wildman–Crippen MR) is 78.1 cm³/mol. The standard InChI is InChI=1S/C15H12F3N5/c16-15(17,18)13-5-6-14(22-21-13)20-12-3-1-11(2-4-12)9-23-8-7-19-10-23/h1-8,10H,9H2,(H,20,22). The second kappa shape index (κ2) is 6.07. The zero-order chi connectivity index (χ0) is 16.3. The molecule has 0 radical (unpaired) electrons. The van der Waals surface area contributed by atoms with Gasteiger partial charge in [0.1, 0.15) is 0 Å². The van der Waals surface area contributed by atoms with E-state index in [1.54, 1.807) is 12.5 Å². The van der Waals surface area contributed by atoms with E-state index in [-0.39, 0.29) is 5.82 Å². The third-order valence-corrected chi connectivity index (χ3v) is 3.11. The van der Waals surface area contributed by atoms with Gasteiger partial charge in [0.2, 0.25) is 0 Å². The van der Waals surface area contributed by atoms with Crippen molar-refractivity contribution in [2.75, 3.05) is 5.32 Å². The number of nitrogens with one attached hydrogen (secondary N) is 1. The number of imidazole rings is 1. The number of rotatable bonds is 4. The van der Waals surface area contributed by atoms with Crippen molar-refractivity contribution >= 4 is 11.5 Å². The molecule has 0 spiro atoms.